The van der Waals surface area contributed by atoms with E-state index in [1.165, 1.54) is 11.3 Å². The first-order chi connectivity index (χ1) is 9.22. The summed E-state index contributed by atoms with van der Waals surface area (Å²) in [6.45, 7) is 6.17. The van der Waals surface area contributed by atoms with E-state index in [2.05, 4.69) is 69.1 Å². The maximum atomic E-state index is 4.34. The maximum absolute atomic E-state index is 4.34. The number of aromatic nitrogens is 2. The number of nitrogens with zero attached hydrogens (tertiary/aromatic N) is 2. The van der Waals surface area contributed by atoms with Gasteiger partial charge in [0.1, 0.15) is 0 Å². The summed E-state index contributed by atoms with van der Waals surface area (Å²) in [5.41, 5.74) is 2.52. The summed E-state index contributed by atoms with van der Waals surface area (Å²) in [5, 5.41) is 7.89. The van der Waals surface area contributed by atoms with Gasteiger partial charge in [0.2, 0.25) is 0 Å². The lowest BCUT2D eigenvalue weighted by Crippen LogP contribution is -2.20. The molecule has 0 unspecified atom stereocenters. The largest absolute Gasteiger partial charge is 0.305 e. The minimum atomic E-state index is 0.306. The number of benzene rings is 1. The molecular formula is C15H20BrN3. The zero-order chi connectivity index (χ0) is 13.7. The molecule has 2 aromatic rings. The van der Waals surface area contributed by atoms with Crippen LogP contribution in [0.2, 0.25) is 0 Å². The predicted octanol–water partition coefficient (Wildman–Crippen LogP) is 3.91. The second-order valence-corrected chi connectivity index (χ2v) is 5.52. The molecule has 1 aromatic heterocycles. The van der Waals surface area contributed by atoms with Crippen LogP contribution in [-0.2, 0) is 13.1 Å². The fourth-order valence-electron chi connectivity index (χ4n) is 2.12. The molecule has 2 rings (SSSR count). The molecule has 0 saturated carbocycles. The van der Waals surface area contributed by atoms with Gasteiger partial charge < -0.3 is 5.32 Å². The van der Waals surface area contributed by atoms with E-state index in [1.54, 1.807) is 0 Å². The summed E-state index contributed by atoms with van der Waals surface area (Å²) in [7, 11) is 0. The molecule has 0 spiro atoms. The van der Waals surface area contributed by atoms with E-state index in [0.717, 1.165) is 24.0 Å². The Morgan fingerprint density at radius 2 is 2.11 bits per heavy atom. The van der Waals surface area contributed by atoms with Gasteiger partial charge in [0.25, 0.3) is 0 Å². The molecule has 0 aliphatic carbocycles. The van der Waals surface area contributed by atoms with Crippen molar-refractivity contribution in [3.05, 3.63) is 52.3 Å². The molecule has 0 aliphatic rings. The van der Waals surface area contributed by atoms with Crippen LogP contribution in [0.1, 0.15) is 37.6 Å². The van der Waals surface area contributed by atoms with Gasteiger partial charge in [-0.1, -0.05) is 41.1 Å². The Hall–Kier alpha value is -1.13. The molecule has 0 fully saturated rings. The number of aryl methyl sites for hydroxylation is 1. The molecule has 0 saturated heterocycles. The van der Waals surface area contributed by atoms with Gasteiger partial charge in [-0.2, -0.15) is 5.10 Å². The monoisotopic (exact) mass is 321 g/mol. The Balaban J connectivity index is 1.98. The second kappa shape index (κ2) is 6.87. The highest BCUT2D eigenvalue weighted by molar-refractivity contribution is 9.10. The van der Waals surface area contributed by atoms with Crippen molar-refractivity contribution in [1.82, 2.24) is 15.1 Å². The third kappa shape index (κ3) is 3.67. The fraction of sp³-hybridized carbons (Fsp3) is 0.400. The van der Waals surface area contributed by atoms with Crippen molar-refractivity contribution in [2.45, 2.75) is 39.4 Å². The number of nitrogens with one attached hydrogen (secondary N) is 1. The summed E-state index contributed by atoms with van der Waals surface area (Å²) in [6.07, 6.45) is 2.98. The molecule has 0 amide bonds. The SMILES string of the molecule is CCCn1nccc1CN[C@@H](C)c1ccccc1Br. The van der Waals surface area contributed by atoms with Crippen molar-refractivity contribution in [1.29, 1.82) is 0 Å². The van der Waals surface area contributed by atoms with E-state index in [9.17, 15) is 0 Å². The van der Waals surface area contributed by atoms with Crippen LogP contribution in [0.4, 0.5) is 0 Å². The van der Waals surface area contributed by atoms with Crippen LogP contribution in [0.25, 0.3) is 0 Å². The van der Waals surface area contributed by atoms with Gasteiger partial charge in [-0.15, -0.1) is 0 Å². The average Bonchev–Trinajstić information content (AvgIpc) is 2.84. The van der Waals surface area contributed by atoms with Crippen LogP contribution in [0.5, 0.6) is 0 Å². The lowest BCUT2D eigenvalue weighted by atomic mass is 10.1. The number of rotatable bonds is 6. The van der Waals surface area contributed by atoms with E-state index in [1.807, 2.05) is 12.3 Å². The van der Waals surface area contributed by atoms with Crippen LogP contribution >= 0.6 is 15.9 Å². The van der Waals surface area contributed by atoms with Gasteiger partial charge in [0.05, 0.1) is 5.69 Å². The lowest BCUT2D eigenvalue weighted by molar-refractivity contribution is 0.516. The number of halogens is 1. The highest BCUT2D eigenvalue weighted by Crippen LogP contribution is 2.22. The Kier molecular flexibility index (Phi) is 5.16. The highest BCUT2D eigenvalue weighted by Gasteiger charge is 2.09. The van der Waals surface area contributed by atoms with E-state index >= 15 is 0 Å². The average molecular weight is 322 g/mol. The molecule has 0 bridgehead atoms. The zero-order valence-electron chi connectivity index (χ0n) is 11.4. The first kappa shape index (κ1) is 14.3. The summed E-state index contributed by atoms with van der Waals surface area (Å²) >= 11 is 3.60. The summed E-state index contributed by atoms with van der Waals surface area (Å²) in [5.74, 6) is 0. The second-order valence-electron chi connectivity index (χ2n) is 4.67. The Morgan fingerprint density at radius 3 is 2.84 bits per heavy atom. The van der Waals surface area contributed by atoms with E-state index in [-0.39, 0.29) is 0 Å². The molecule has 1 N–H and O–H groups in total. The molecule has 102 valence electrons. The topological polar surface area (TPSA) is 29.9 Å². The minimum absolute atomic E-state index is 0.306. The van der Waals surface area contributed by atoms with Crippen LogP contribution in [0.3, 0.4) is 0 Å². The first-order valence-electron chi connectivity index (χ1n) is 6.71. The normalized spacial score (nSPS) is 12.6. The minimum Gasteiger partial charge on any atom is -0.305 e. The fourth-order valence-corrected chi connectivity index (χ4v) is 2.75. The lowest BCUT2D eigenvalue weighted by Gasteiger charge is -2.16. The number of hydrogen-bond donors (Lipinski definition) is 1. The van der Waals surface area contributed by atoms with Gasteiger partial charge in [-0.05, 0) is 31.0 Å². The van der Waals surface area contributed by atoms with Crippen molar-refractivity contribution in [3.8, 4) is 0 Å². The van der Waals surface area contributed by atoms with Gasteiger partial charge in [-0.25, -0.2) is 0 Å². The van der Waals surface area contributed by atoms with Gasteiger partial charge in [0.15, 0.2) is 0 Å². The van der Waals surface area contributed by atoms with Gasteiger partial charge in [0, 0.05) is 29.8 Å². The van der Waals surface area contributed by atoms with Crippen LogP contribution in [0.15, 0.2) is 41.0 Å². The zero-order valence-corrected chi connectivity index (χ0v) is 13.0. The van der Waals surface area contributed by atoms with E-state index < -0.39 is 0 Å². The van der Waals surface area contributed by atoms with Gasteiger partial charge >= 0.3 is 0 Å². The van der Waals surface area contributed by atoms with E-state index in [0.29, 0.717) is 6.04 Å². The molecule has 1 atom stereocenters. The summed E-state index contributed by atoms with van der Waals surface area (Å²) in [4.78, 5) is 0. The molecule has 0 radical (unpaired) electrons. The van der Waals surface area contributed by atoms with Crippen molar-refractivity contribution < 1.29 is 0 Å². The van der Waals surface area contributed by atoms with Crippen LogP contribution in [-0.4, -0.2) is 9.78 Å². The number of hydrogen-bond acceptors (Lipinski definition) is 2. The Morgan fingerprint density at radius 1 is 1.32 bits per heavy atom. The molecule has 1 aromatic carbocycles. The first-order valence-corrected chi connectivity index (χ1v) is 7.50. The van der Waals surface area contributed by atoms with Crippen LogP contribution in [0, 0.1) is 0 Å². The Labute approximate surface area is 123 Å². The smallest absolute Gasteiger partial charge is 0.0522 e. The maximum Gasteiger partial charge on any atom is 0.0522 e. The molecule has 3 nitrogen and oxygen atoms in total. The van der Waals surface area contributed by atoms with Gasteiger partial charge in [-0.3, -0.25) is 4.68 Å². The molecular weight excluding hydrogens is 302 g/mol. The Bertz CT molecular complexity index is 522. The van der Waals surface area contributed by atoms with E-state index in [4.69, 9.17) is 0 Å². The summed E-state index contributed by atoms with van der Waals surface area (Å²) in [6, 6.07) is 10.7. The predicted molar refractivity (Wildman–Crippen MR) is 81.9 cm³/mol. The molecule has 19 heavy (non-hydrogen) atoms. The van der Waals surface area contributed by atoms with Crippen molar-refractivity contribution in [3.63, 3.8) is 0 Å². The third-order valence-electron chi connectivity index (χ3n) is 3.20. The standard InChI is InChI=1S/C15H20BrN3/c1-3-10-19-13(8-9-18-19)11-17-12(2)14-6-4-5-7-15(14)16/h4-9,12,17H,3,10-11H2,1-2H3/t12-/m0/s1. The van der Waals surface area contributed by atoms with Crippen molar-refractivity contribution in [2.24, 2.45) is 0 Å². The quantitative estimate of drug-likeness (QED) is 0.874. The van der Waals surface area contributed by atoms with Crippen molar-refractivity contribution in [2.75, 3.05) is 0 Å². The van der Waals surface area contributed by atoms with Crippen molar-refractivity contribution >= 4 is 15.9 Å². The highest BCUT2D eigenvalue weighted by atomic mass is 79.9. The molecule has 4 heteroatoms. The summed E-state index contributed by atoms with van der Waals surface area (Å²) < 4.78 is 3.22. The third-order valence-corrected chi connectivity index (χ3v) is 3.92. The van der Waals surface area contributed by atoms with Crippen LogP contribution < -0.4 is 5.32 Å². The molecule has 1 heterocycles. The molecule has 0 aliphatic heterocycles.